The van der Waals surface area contributed by atoms with Crippen molar-refractivity contribution in [3.63, 3.8) is 0 Å². The topological polar surface area (TPSA) is 237 Å². The standard InChI is InChI=1S/C82H160O17P2/c1-9-75(8)61-53-45-37-29-22-18-14-12-10-11-13-15-19-24-31-39-48-56-64-81(86)99-78(69-93-80(85)63-55-47-41-33-36-44-52-60-74(6)7)71-97-101(90,91)95-67-76(83)66-94-100(88,89)96-70-77(98-82(87)65-57-49-40-32-26-25-28-35-43-51-59-73(4)5)68-92-79(84)62-54-46-38-30-23-20-16-17-21-27-34-42-50-58-72(2)3/h72-78,83H,9-71H2,1-8H3,(H,88,89)(H,90,91)/t75?,76?,77-,78-/m1/s1. The number of carbonyl (C=O) groups excluding carboxylic acids is 4. The Morgan fingerprint density at radius 3 is 0.703 bits per heavy atom. The van der Waals surface area contributed by atoms with Crippen LogP contribution < -0.4 is 0 Å². The van der Waals surface area contributed by atoms with Crippen LogP contribution >= 0.6 is 15.6 Å². The van der Waals surface area contributed by atoms with E-state index in [-0.39, 0.29) is 25.7 Å². The van der Waals surface area contributed by atoms with Crippen molar-refractivity contribution < 1.29 is 80.2 Å². The van der Waals surface area contributed by atoms with E-state index in [9.17, 15) is 43.2 Å². The predicted molar refractivity (Wildman–Crippen MR) is 414 cm³/mol. The van der Waals surface area contributed by atoms with Gasteiger partial charge in [-0.15, -0.1) is 0 Å². The molecule has 101 heavy (non-hydrogen) atoms. The summed E-state index contributed by atoms with van der Waals surface area (Å²) >= 11 is 0. The van der Waals surface area contributed by atoms with Crippen LogP contribution in [0.25, 0.3) is 0 Å². The summed E-state index contributed by atoms with van der Waals surface area (Å²) in [5, 5.41) is 10.6. The van der Waals surface area contributed by atoms with E-state index in [2.05, 4.69) is 55.4 Å². The van der Waals surface area contributed by atoms with E-state index in [1.165, 1.54) is 218 Å². The molecule has 0 heterocycles. The quantitative estimate of drug-likeness (QED) is 0.0222. The average Bonchev–Trinajstić information content (AvgIpc) is 1.07. The average molecular weight is 1480 g/mol. The van der Waals surface area contributed by atoms with Gasteiger partial charge in [-0.2, -0.15) is 0 Å². The smallest absolute Gasteiger partial charge is 0.462 e. The van der Waals surface area contributed by atoms with E-state index in [1.807, 2.05) is 0 Å². The number of phosphoric acid groups is 2. The molecule has 19 heteroatoms. The lowest BCUT2D eigenvalue weighted by atomic mass is 9.99. The lowest BCUT2D eigenvalue weighted by molar-refractivity contribution is -0.161. The van der Waals surface area contributed by atoms with Gasteiger partial charge in [-0.25, -0.2) is 9.13 Å². The predicted octanol–water partition coefficient (Wildman–Crippen LogP) is 24.4. The Balaban J connectivity index is 5.19. The molecule has 0 aliphatic carbocycles. The lowest BCUT2D eigenvalue weighted by Gasteiger charge is -2.21. The highest BCUT2D eigenvalue weighted by Crippen LogP contribution is 2.45. The first-order valence-electron chi connectivity index (χ1n) is 42.2. The summed E-state index contributed by atoms with van der Waals surface area (Å²) in [7, 11) is -9.92. The summed E-state index contributed by atoms with van der Waals surface area (Å²) in [6.07, 6.45) is 58.4. The Hall–Kier alpha value is -1.94. The maximum absolute atomic E-state index is 13.1. The first-order valence-corrected chi connectivity index (χ1v) is 45.2. The fourth-order valence-electron chi connectivity index (χ4n) is 12.6. The fraction of sp³-hybridized carbons (Fsp3) is 0.951. The molecule has 0 fully saturated rings. The monoisotopic (exact) mass is 1480 g/mol. The number of aliphatic hydroxyl groups excluding tert-OH is 1. The first kappa shape index (κ1) is 99.1. The maximum atomic E-state index is 13.1. The summed E-state index contributed by atoms with van der Waals surface area (Å²) in [5.74, 6) is 1.00. The van der Waals surface area contributed by atoms with Crippen molar-refractivity contribution in [2.75, 3.05) is 39.6 Å². The van der Waals surface area contributed by atoms with E-state index in [0.29, 0.717) is 31.6 Å². The molecular formula is C82H160O17P2. The number of aliphatic hydroxyl groups is 1. The molecule has 0 aliphatic heterocycles. The highest BCUT2D eigenvalue weighted by Gasteiger charge is 2.30. The van der Waals surface area contributed by atoms with Crippen LogP contribution in [0.1, 0.15) is 421 Å². The second-order valence-electron chi connectivity index (χ2n) is 31.2. The highest BCUT2D eigenvalue weighted by molar-refractivity contribution is 7.47. The third-order valence-corrected chi connectivity index (χ3v) is 21.3. The van der Waals surface area contributed by atoms with Crippen LogP contribution in [0.3, 0.4) is 0 Å². The Kier molecular flexibility index (Phi) is 69.6. The number of hydrogen-bond acceptors (Lipinski definition) is 15. The number of ether oxygens (including phenoxy) is 4. The second kappa shape index (κ2) is 71.0. The van der Waals surface area contributed by atoms with Crippen LogP contribution in [0.4, 0.5) is 0 Å². The van der Waals surface area contributed by atoms with Gasteiger partial charge in [0.05, 0.1) is 26.4 Å². The highest BCUT2D eigenvalue weighted by atomic mass is 31.2. The van der Waals surface area contributed by atoms with Gasteiger partial charge in [-0.3, -0.25) is 37.3 Å². The summed E-state index contributed by atoms with van der Waals surface area (Å²) < 4.78 is 68.7. The van der Waals surface area contributed by atoms with E-state index >= 15 is 0 Å². The van der Waals surface area contributed by atoms with Crippen molar-refractivity contribution >= 4 is 39.5 Å². The minimum absolute atomic E-state index is 0.106. The van der Waals surface area contributed by atoms with Gasteiger partial charge < -0.3 is 33.8 Å². The van der Waals surface area contributed by atoms with Crippen LogP contribution in [0.5, 0.6) is 0 Å². The zero-order chi connectivity index (χ0) is 74.6. The molecule has 0 radical (unpaired) electrons. The SMILES string of the molecule is CCC(C)CCCCCCCCCCCCCCCCCCCCC(=O)O[C@H](COC(=O)CCCCCCCCCC(C)C)COP(=O)(O)OCC(O)COP(=O)(O)OC[C@@H](COC(=O)CCCCCCCCCCCCCCCC(C)C)OC(=O)CCCCCCCCCCCCC(C)C. The number of carbonyl (C=O) groups is 4. The molecule has 0 saturated carbocycles. The molecule has 6 atom stereocenters. The van der Waals surface area contributed by atoms with Crippen molar-refractivity contribution in [1.82, 2.24) is 0 Å². The number of unbranched alkanes of at least 4 members (excludes halogenated alkanes) is 44. The van der Waals surface area contributed by atoms with Gasteiger partial charge in [0, 0.05) is 25.7 Å². The fourth-order valence-corrected chi connectivity index (χ4v) is 14.2. The first-order chi connectivity index (χ1) is 48.6. The Labute approximate surface area is 619 Å². The van der Waals surface area contributed by atoms with Crippen LogP contribution in [-0.2, 0) is 65.4 Å². The maximum Gasteiger partial charge on any atom is 0.472 e. The van der Waals surface area contributed by atoms with Crippen LogP contribution in [0.2, 0.25) is 0 Å². The molecule has 0 aromatic rings. The zero-order valence-corrected chi connectivity index (χ0v) is 68.3. The number of phosphoric ester groups is 2. The number of rotatable bonds is 79. The molecule has 0 saturated heterocycles. The summed E-state index contributed by atoms with van der Waals surface area (Å²) in [4.78, 5) is 73.0. The molecule has 17 nitrogen and oxygen atoms in total. The van der Waals surface area contributed by atoms with Crippen molar-refractivity contribution in [1.29, 1.82) is 0 Å². The van der Waals surface area contributed by atoms with Gasteiger partial charge >= 0.3 is 39.5 Å². The molecule has 0 spiro atoms. The van der Waals surface area contributed by atoms with Crippen LogP contribution in [-0.4, -0.2) is 96.7 Å². The van der Waals surface area contributed by atoms with Gasteiger partial charge in [-0.05, 0) is 49.4 Å². The van der Waals surface area contributed by atoms with Gasteiger partial charge in [0.25, 0.3) is 0 Å². The van der Waals surface area contributed by atoms with Crippen LogP contribution in [0, 0.1) is 23.7 Å². The molecule has 3 N–H and O–H groups in total. The third kappa shape index (κ3) is 74.7. The van der Waals surface area contributed by atoms with E-state index < -0.39 is 97.5 Å². The Morgan fingerprint density at radius 1 is 0.277 bits per heavy atom. The second-order valence-corrected chi connectivity index (χ2v) is 34.1. The van der Waals surface area contributed by atoms with Gasteiger partial charge in [0.2, 0.25) is 0 Å². The van der Waals surface area contributed by atoms with Crippen molar-refractivity contribution in [3.05, 3.63) is 0 Å². The largest absolute Gasteiger partial charge is 0.472 e. The molecule has 0 aromatic carbocycles. The number of esters is 4. The van der Waals surface area contributed by atoms with Crippen molar-refractivity contribution in [2.45, 2.75) is 440 Å². The Bertz CT molecular complexity index is 1970. The number of hydrogen-bond donors (Lipinski definition) is 3. The zero-order valence-electron chi connectivity index (χ0n) is 66.5. The molecule has 0 amide bonds. The summed E-state index contributed by atoms with van der Waals surface area (Å²) in [6, 6.07) is 0. The molecule has 0 aromatic heterocycles. The minimum atomic E-state index is -4.96. The molecular weight excluding hydrogens is 1320 g/mol. The lowest BCUT2D eigenvalue weighted by Crippen LogP contribution is -2.30. The molecule has 4 unspecified atom stereocenters. The van der Waals surface area contributed by atoms with Crippen LogP contribution in [0.15, 0.2) is 0 Å². The summed E-state index contributed by atoms with van der Waals surface area (Å²) in [5.41, 5.74) is 0. The van der Waals surface area contributed by atoms with Gasteiger partial charge in [0.15, 0.2) is 12.2 Å². The summed E-state index contributed by atoms with van der Waals surface area (Å²) in [6.45, 7) is 14.3. The molecule has 0 rings (SSSR count). The molecule has 0 aliphatic rings. The van der Waals surface area contributed by atoms with Gasteiger partial charge in [0.1, 0.15) is 19.3 Å². The van der Waals surface area contributed by atoms with Crippen molar-refractivity contribution in [3.8, 4) is 0 Å². The van der Waals surface area contributed by atoms with E-state index in [4.69, 9.17) is 37.0 Å². The van der Waals surface area contributed by atoms with E-state index in [0.717, 1.165) is 114 Å². The van der Waals surface area contributed by atoms with E-state index in [1.54, 1.807) is 0 Å². The molecule has 0 bridgehead atoms. The Morgan fingerprint density at radius 2 is 0.475 bits per heavy atom. The normalized spacial score (nSPS) is 14.3. The van der Waals surface area contributed by atoms with Crippen molar-refractivity contribution in [2.24, 2.45) is 23.7 Å². The third-order valence-electron chi connectivity index (χ3n) is 19.4. The molecule has 600 valence electrons. The van der Waals surface area contributed by atoms with Gasteiger partial charge in [-0.1, -0.05) is 370 Å². The minimum Gasteiger partial charge on any atom is -0.462 e.